The smallest absolute Gasteiger partial charge is 0.307 e. The van der Waals surface area contributed by atoms with E-state index in [1.54, 1.807) is 0 Å². The summed E-state index contributed by atoms with van der Waals surface area (Å²) in [5.41, 5.74) is 0. The highest BCUT2D eigenvalue weighted by molar-refractivity contribution is 5.66. The molecular formula is C7H10O5. The summed E-state index contributed by atoms with van der Waals surface area (Å²) in [6.07, 6.45) is 2.18. The van der Waals surface area contributed by atoms with Gasteiger partial charge in [-0.05, 0) is 0 Å². The van der Waals surface area contributed by atoms with Crippen LogP contribution in [0.5, 0.6) is 0 Å². The van der Waals surface area contributed by atoms with Gasteiger partial charge in [0.15, 0.2) is 0 Å². The summed E-state index contributed by atoms with van der Waals surface area (Å²) >= 11 is 0. The second-order valence-electron chi connectivity index (χ2n) is 1.80. The molecule has 0 bridgehead atoms. The van der Waals surface area contributed by atoms with Crippen LogP contribution < -0.4 is 0 Å². The van der Waals surface area contributed by atoms with Gasteiger partial charge in [0.25, 0.3) is 0 Å². The third-order valence-corrected chi connectivity index (χ3v) is 0.716. The Kier molecular flexibility index (Phi) is 5.42. The maximum Gasteiger partial charge on any atom is 0.307 e. The van der Waals surface area contributed by atoms with Gasteiger partial charge in [0.1, 0.15) is 12.5 Å². The molecule has 12 heavy (non-hydrogen) atoms. The first-order valence-electron chi connectivity index (χ1n) is 3.20. The molecule has 0 unspecified atom stereocenters. The summed E-state index contributed by atoms with van der Waals surface area (Å²) in [6, 6.07) is 0. The van der Waals surface area contributed by atoms with Crippen molar-refractivity contribution in [3.8, 4) is 0 Å². The van der Waals surface area contributed by atoms with Gasteiger partial charge in [0, 0.05) is 13.8 Å². The maximum absolute atomic E-state index is 10.2. The molecule has 0 fully saturated rings. The lowest BCUT2D eigenvalue weighted by atomic mass is 10.8. The first-order chi connectivity index (χ1) is 5.63. The molecule has 0 aliphatic rings. The molecule has 0 radical (unpaired) electrons. The van der Waals surface area contributed by atoms with E-state index >= 15 is 0 Å². The zero-order chi connectivity index (χ0) is 9.40. The molecule has 0 aliphatic carbocycles. The Bertz CT molecular complexity index is 184. The Hall–Kier alpha value is -1.52. The van der Waals surface area contributed by atoms with Crippen LogP contribution in [0.2, 0.25) is 0 Å². The van der Waals surface area contributed by atoms with Gasteiger partial charge < -0.3 is 14.2 Å². The average Bonchev–Trinajstić information content (AvgIpc) is 1.95. The fourth-order valence-corrected chi connectivity index (χ4v) is 0.319. The number of ether oxygens (including phenoxy) is 3. The number of esters is 2. The van der Waals surface area contributed by atoms with Gasteiger partial charge >= 0.3 is 11.9 Å². The number of carbonyl (C=O) groups is 2. The van der Waals surface area contributed by atoms with E-state index < -0.39 is 11.9 Å². The Labute approximate surface area is 69.9 Å². The normalized spacial score (nSPS) is 9.50. The van der Waals surface area contributed by atoms with Crippen LogP contribution in [0, 0.1) is 0 Å². The lowest BCUT2D eigenvalue weighted by molar-refractivity contribution is -0.150. The van der Waals surface area contributed by atoms with E-state index in [0.29, 0.717) is 0 Å². The molecule has 0 saturated heterocycles. The molecule has 0 aromatic rings. The van der Waals surface area contributed by atoms with Crippen LogP contribution >= 0.6 is 0 Å². The molecule has 5 heteroatoms. The van der Waals surface area contributed by atoms with E-state index in [0.717, 1.165) is 12.5 Å². The van der Waals surface area contributed by atoms with Crippen LogP contribution in [0.25, 0.3) is 0 Å². The van der Waals surface area contributed by atoms with Crippen molar-refractivity contribution in [2.24, 2.45) is 0 Å². The van der Waals surface area contributed by atoms with Crippen molar-refractivity contribution in [3.63, 3.8) is 0 Å². The fraction of sp³-hybridized carbons (Fsp3) is 0.429. The molecule has 0 aliphatic heterocycles. The third-order valence-electron chi connectivity index (χ3n) is 0.716. The molecule has 0 amide bonds. The molecule has 0 atom stereocenters. The van der Waals surface area contributed by atoms with Crippen molar-refractivity contribution < 1.29 is 23.8 Å². The first kappa shape index (κ1) is 10.5. The molecule has 68 valence electrons. The van der Waals surface area contributed by atoms with E-state index in [1.807, 2.05) is 0 Å². The van der Waals surface area contributed by atoms with Crippen LogP contribution in [0.4, 0.5) is 0 Å². The minimum Gasteiger partial charge on any atom is -0.462 e. The van der Waals surface area contributed by atoms with E-state index in [2.05, 4.69) is 14.2 Å². The molecule has 0 aromatic carbocycles. The Balaban J connectivity index is 3.25. The molecule has 0 saturated carbocycles. The SMILES string of the molecule is CC(=O)O/C=C/OCOC(C)=O. The number of rotatable bonds is 4. The van der Waals surface area contributed by atoms with E-state index in [4.69, 9.17) is 0 Å². The van der Waals surface area contributed by atoms with Crippen molar-refractivity contribution in [1.29, 1.82) is 0 Å². The minimum absolute atomic E-state index is 0.187. The van der Waals surface area contributed by atoms with Gasteiger partial charge in [-0.15, -0.1) is 0 Å². The van der Waals surface area contributed by atoms with Crippen molar-refractivity contribution in [2.75, 3.05) is 6.79 Å². The first-order valence-corrected chi connectivity index (χ1v) is 3.20. The van der Waals surface area contributed by atoms with Crippen molar-refractivity contribution >= 4 is 11.9 Å². The van der Waals surface area contributed by atoms with E-state index in [9.17, 15) is 9.59 Å². The second kappa shape index (κ2) is 6.21. The van der Waals surface area contributed by atoms with Crippen molar-refractivity contribution in [2.45, 2.75) is 13.8 Å². The lowest BCUT2D eigenvalue weighted by Gasteiger charge is -1.99. The summed E-state index contributed by atoms with van der Waals surface area (Å²) in [6.45, 7) is 2.34. The predicted molar refractivity (Wildman–Crippen MR) is 38.6 cm³/mol. The fourth-order valence-electron chi connectivity index (χ4n) is 0.319. The second-order valence-corrected chi connectivity index (χ2v) is 1.80. The highest BCUT2D eigenvalue weighted by atomic mass is 16.7. The van der Waals surface area contributed by atoms with Crippen LogP contribution in [0.1, 0.15) is 13.8 Å². The zero-order valence-corrected chi connectivity index (χ0v) is 6.90. The highest BCUT2D eigenvalue weighted by Gasteiger charge is 1.88. The van der Waals surface area contributed by atoms with Crippen LogP contribution in [-0.4, -0.2) is 18.7 Å². The van der Waals surface area contributed by atoms with E-state index in [1.165, 1.54) is 13.8 Å². The third kappa shape index (κ3) is 8.48. The Morgan fingerprint density at radius 2 is 1.83 bits per heavy atom. The number of carbonyl (C=O) groups excluding carboxylic acids is 2. The van der Waals surface area contributed by atoms with Crippen LogP contribution in [0.15, 0.2) is 12.5 Å². The van der Waals surface area contributed by atoms with Gasteiger partial charge in [-0.2, -0.15) is 0 Å². The van der Waals surface area contributed by atoms with Gasteiger partial charge in [0.05, 0.1) is 0 Å². The summed E-state index contributed by atoms with van der Waals surface area (Å²) in [5.74, 6) is -0.877. The van der Waals surface area contributed by atoms with Crippen molar-refractivity contribution in [1.82, 2.24) is 0 Å². The highest BCUT2D eigenvalue weighted by Crippen LogP contribution is 1.83. The quantitative estimate of drug-likeness (QED) is 0.269. The van der Waals surface area contributed by atoms with Crippen LogP contribution in [0.3, 0.4) is 0 Å². The van der Waals surface area contributed by atoms with Gasteiger partial charge in [-0.1, -0.05) is 0 Å². The van der Waals surface area contributed by atoms with Crippen molar-refractivity contribution in [3.05, 3.63) is 12.5 Å². The summed E-state index contributed by atoms with van der Waals surface area (Å²) < 4.78 is 13.4. The molecule has 5 nitrogen and oxygen atoms in total. The zero-order valence-electron chi connectivity index (χ0n) is 6.90. The van der Waals surface area contributed by atoms with Crippen LogP contribution in [-0.2, 0) is 23.8 Å². The standard InChI is InChI=1S/C7H10O5/c1-6(8)11-4-3-10-5-12-7(2)9/h3-4H,5H2,1-2H3/b4-3+. The molecule has 0 spiro atoms. The maximum atomic E-state index is 10.2. The molecule has 0 N–H and O–H groups in total. The summed E-state index contributed by atoms with van der Waals surface area (Å²) in [5, 5.41) is 0. The Morgan fingerprint density at radius 3 is 2.33 bits per heavy atom. The largest absolute Gasteiger partial charge is 0.462 e. The molecule has 0 rings (SSSR count). The van der Waals surface area contributed by atoms with E-state index in [-0.39, 0.29) is 6.79 Å². The molecular weight excluding hydrogens is 164 g/mol. The number of hydrogen-bond donors (Lipinski definition) is 0. The number of hydrogen-bond acceptors (Lipinski definition) is 5. The summed E-state index contributed by atoms with van der Waals surface area (Å²) in [7, 11) is 0. The van der Waals surface area contributed by atoms with Gasteiger partial charge in [-0.25, -0.2) is 0 Å². The van der Waals surface area contributed by atoms with Gasteiger partial charge in [0.2, 0.25) is 6.79 Å². The lowest BCUT2D eigenvalue weighted by Crippen LogP contribution is -2.01. The Morgan fingerprint density at radius 1 is 1.17 bits per heavy atom. The van der Waals surface area contributed by atoms with Gasteiger partial charge in [-0.3, -0.25) is 9.59 Å². The summed E-state index contributed by atoms with van der Waals surface area (Å²) in [4.78, 5) is 20.3. The average molecular weight is 174 g/mol. The predicted octanol–water partition coefficient (Wildman–Crippen LogP) is 0.558. The minimum atomic E-state index is -0.442. The molecule has 0 aromatic heterocycles. The monoisotopic (exact) mass is 174 g/mol. The molecule has 0 heterocycles. The topological polar surface area (TPSA) is 61.8 Å².